The van der Waals surface area contributed by atoms with E-state index in [-0.39, 0.29) is 6.04 Å². The second kappa shape index (κ2) is 7.10. The maximum Gasteiger partial charge on any atom is 0.245 e. The summed E-state index contributed by atoms with van der Waals surface area (Å²) in [6, 6.07) is 2.20. The highest BCUT2D eigenvalue weighted by Gasteiger charge is 2.21. The summed E-state index contributed by atoms with van der Waals surface area (Å²) < 4.78 is 6.80. The molecule has 1 unspecified atom stereocenters. The molecule has 0 amide bonds. The summed E-state index contributed by atoms with van der Waals surface area (Å²) in [5.74, 6) is 3.69. The predicted octanol–water partition coefficient (Wildman–Crippen LogP) is 1.88. The van der Waals surface area contributed by atoms with E-state index in [9.17, 15) is 0 Å². The second-order valence-electron chi connectivity index (χ2n) is 6.56. The van der Waals surface area contributed by atoms with Crippen molar-refractivity contribution in [3.63, 3.8) is 0 Å². The van der Waals surface area contributed by atoms with Crippen molar-refractivity contribution < 1.29 is 4.63 Å². The van der Waals surface area contributed by atoms with Crippen molar-refractivity contribution in [1.82, 2.24) is 30.1 Å². The molecule has 4 rings (SSSR count). The van der Waals surface area contributed by atoms with Gasteiger partial charge in [0, 0.05) is 36.3 Å². The van der Waals surface area contributed by atoms with Gasteiger partial charge in [0.2, 0.25) is 11.3 Å². The van der Waals surface area contributed by atoms with Crippen molar-refractivity contribution in [2.75, 3.05) is 34.8 Å². The lowest BCUT2D eigenvalue weighted by Gasteiger charge is -2.29. The first-order valence-corrected chi connectivity index (χ1v) is 9.86. The molecule has 0 bridgehead atoms. The fraction of sp³-hybridized carbons (Fsp3) is 0.562. The van der Waals surface area contributed by atoms with E-state index in [2.05, 4.69) is 55.5 Å². The van der Waals surface area contributed by atoms with Gasteiger partial charge >= 0.3 is 0 Å². The number of anilines is 2. The molecule has 1 saturated heterocycles. The Morgan fingerprint density at radius 3 is 2.62 bits per heavy atom. The number of nitrogens with one attached hydrogen (secondary N) is 1. The third kappa shape index (κ3) is 3.46. The van der Waals surface area contributed by atoms with Gasteiger partial charge in [-0.15, -0.1) is 0 Å². The minimum absolute atomic E-state index is 0.123. The quantitative estimate of drug-likeness (QED) is 0.717. The molecule has 0 spiro atoms. The third-order valence-corrected chi connectivity index (χ3v) is 5.28. The molecule has 0 saturated carbocycles. The Morgan fingerprint density at radius 2 is 1.92 bits per heavy atom. The molecule has 0 radical (unpaired) electrons. The summed E-state index contributed by atoms with van der Waals surface area (Å²) in [7, 11) is 0. The normalized spacial score (nSPS) is 16.2. The van der Waals surface area contributed by atoms with Crippen molar-refractivity contribution in [2.24, 2.45) is 0 Å². The summed E-state index contributed by atoms with van der Waals surface area (Å²) in [5.41, 5.74) is 3.03. The summed E-state index contributed by atoms with van der Waals surface area (Å²) >= 11 is 1.96. The van der Waals surface area contributed by atoms with Gasteiger partial charge in [-0.05, 0) is 37.2 Å². The number of fused-ring (bicyclic) bond motifs is 1. The van der Waals surface area contributed by atoms with E-state index in [1.54, 1.807) is 0 Å². The first-order chi connectivity index (χ1) is 12.6. The van der Waals surface area contributed by atoms with Crippen molar-refractivity contribution >= 4 is 34.7 Å². The lowest BCUT2D eigenvalue weighted by molar-refractivity contribution is 0.314. The average Bonchev–Trinajstić information content (AvgIpc) is 3.20. The van der Waals surface area contributed by atoms with Gasteiger partial charge in [0.1, 0.15) is 0 Å². The molecular weight excluding hydrogens is 352 g/mol. The lowest BCUT2D eigenvalue weighted by Crippen LogP contribution is -2.35. The molecule has 1 atom stereocenters. The zero-order valence-corrected chi connectivity index (χ0v) is 16.0. The Morgan fingerprint density at radius 1 is 1.19 bits per heavy atom. The number of rotatable bonds is 5. The highest BCUT2D eigenvalue weighted by atomic mass is 32.2. The minimum Gasteiger partial charge on any atom is -0.363 e. The summed E-state index contributed by atoms with van der Waals surface area (Å²) in [5, 5.41) is 15.7. The first kappa shape index (κ1) is 17.1. The van der Waals surface area contributed by atoms with Crippen LogP contribution in [0.25, 0.3) is 11.3 Å². The van der Waals surface area contributed by atoms with Gasteiger partial charge in [0.05, 0.1) is 12.2 Å². The molecule has 10 heteroatoms. The highest BCUT2D eigenvalue weighted by molar-refractivity contribution is 7.99. The average molecular weight is 374 g/mol. The lowest BCUT2D eigenvalue weighted by atomic mass is 10.3. The molecule has 3 aromatic heterocycles. The van der Waals surface area contributed by atoms with Gasteiger partial charge in [0.25, 0.3) is 0 Å². The monoisotopic (exact) mass is 374 g/mol. The van der Waals surface area contributed by atoms with E-state index in [1.807, 2.05) is 23.4 Å². The largest absolute Gasteiger partial charge is 0.363 e. The maximum absolute atomic E-state index is 4.79. The predicted molar refractivity (Wildman–Crippen MR) is 102 cm³/mol. The van der Waals surface area contributed by atoms with E-state index < -0.39 is 0 Å². The van der Waals surface area contributed by atoms with Crippen molar-refractivity contribution in [3.8, 4) is 0 Å². The number of hydrogen-bond donors (Lipinski definition) is 1. The molecule has 26 heavy (non-hydrogen) atoms. The fourth-order valence-corrected chi connectivity index (χ4v) is 4.02. The molecule has 1 fully saturated rings. The molecule has 0 aromatic carbocycles. The Kier molecular flexibility index (Phi) is 4.66. The van der Waals surface area contributed by atoms with Crippen LogP contribution in [0.4, 0.5) is 11.6 Å². The summed E-state index contributed by atoms with van der Waals surface area (Å²) in [6.07, 6.45) is 0. The van der Waals surface area contributed by atoms with Crippen LogP contribution in [0.5, 0.6) is 0 Å². The Labute approximate surface area is 155 Å². The number of hydrogen-bond acceptors (Lipinski definition) is 9. The highest BCUT2D eigenvalue weighted by Crippen LogP contribution is 2.27. The number of aromatic nitrogens is 6. The summed E-state index contributed by atoms with van der Waals surface area (Å²) in [4.78, 5) is 11.5. The number of nitrogens with zero attached hydrogens (tertiary/aromatic N) is 7. The van der Waals surface area contributed by atoms with Crippen LogP contribution in [-0.4, -0.2) is 60.7 Å². The van der Waals surface area contributed by atoms with Crippen LogP contribution in [0.3, 0.4) is 0 Å². The van der Waals surface area contributed by atoms with E-state index >= 15 is 0 Å². The van der Waals surface area contributed by atoms with E-state index in [1.165, 1.54) is 0 Å². The van der Waals surface area contributed by atoms with Crippen molar-refractivity contribution in [2.45, 2.75) is 33.4 Å². The molecular formula is C16H22N8OS. The standard InChI is InChI=1S/C16H22N8OS/c1-10-8-12(3)24(20-10)9-11(2)17-15-16(23-4-6-26-7-5-23)19-14-13(18-15)21-25-22-14/h8,11H,4-7,9H2,1-3H3,(H,17,18,21). The second-order valence-corrected chi connectivity index (χ2v) is 7.79. The third-order valence-electron chi connectivity index (χ3n) is 4.34. The smallest absolute Gasteiger partial charge is 0.245 e. The van der Waals surface area contributed by atoms with Crippen LogP contribution < -0.4 is 10.2 Å². The fourth-order valence-electron chi connectivity index (χ4n) is 3.12. The van der Waals surface area contributed by atoms with Crippen LogP contribution in [-0.2, 0) is 6.54 Å². The molecule has 1 N–H and O–H groups in total. The van der Waals surface area contributed by atoms with Crippen LogP contribution in [0, 0.1) is 13.8 Å². The van der Waals surface area contributed by atoms with E-state index in [0.717, 1.165) is 48.3 Å². The Hall–Kier alpha value is -2.36. The van der Waals surface area contributed by atoms with Crippen LogP contribution in [0.15, 0.2) is 10.7 Å². The van der Waals surface area contributed by atoms with E-state index in [4.69, 9.17) is 4.63 Å². The SMILES string of the molecule is Cc1cc(C)n(CC(C)Nc2nc3nonc3nc2N2CCSCC2)n1. The van der Waals surface area contributed by atoms with Crippen LogP contribution in [0.2, 0.25) is 0 Å². The van der Waals surface area contributed by atoms with Crippen molar-refractivity contribution in [1.29, 1.82) is 0 Å². The van der Waals surface area contributed by atoms with Crippen molar-refractivity contribution in [3.05, 3.63) is 17.5 Å². The molecule has 1 aliphatic rings. The molecule has 1 aliphatic heterocycles. The van der Waals surface area contributed by atoms with Gasteiger partial charge in [-0.25, -0.2) is 14.6 Å². The topological polar surface area (TPSA) is 97.8 Å². The van der Waals surface area contributed by atoms with Gasteiger partial charge in [-0.3, -0.25) is 4.68 Å². The Balaban J connectivity index is 1.60. The molecule has 3 aromatic rings. The zero-order valence-electron chi connectivity index (χ0n) is 15.1. The van der Waals surface area contributed by atoms with Gasteiger partial charge in [0.15, 0.2) is 11.6 Å². The van der Waals surface area contributed by atoms with E-state index in [0.29, 0.717) is 17.1 Å². The maximum atomic E-state index is 4.79. The van der Waals surface area contributed by atoms with Gasteiger partial charge in [-0.2, -0.15) is 16.9 Å². The molecule has 9 nitrogen and oxygen atoms in total. The molecule has 0 aliphatic carbocycles. The molecule has 4 heterocycles. The number of aryl methyl sites for hydroxylation is 2. The first-order valence-electron chi connectivity index (χ1n) is 8.71. The number of thioether (sulfide) groups is 1. The zero-order chi connectivity index (χ0) is 18.1. The van der Waals surface area contributed by atoms with Gasteiger partial charge in [-0.1, -0.05) is 0 Å². The molecule has 138 valence electrons. The van der Waals surface area contributed by atoms with Crippen LogP contribution in [0.1, 0.15) is 18.3 Å². The minimum atomic E-state index is 0.123. The van der Waals surface area contributed by atoms with Gasteiger partial charge < -0.3 is 10.2 Å². The Bertz CT molecular complexity index is 901. The summed E-state index contributed by atoms with van der Waals surface area (Å²) in [6.45, 7) is 8.81. The van der Waals surface area contributed by atoms with Crippen LogP contribution >= 0.6 is 11.8 Å².